The van der Waals surface area contributed by atoms with E-state index in [0.717, 1.165) is 18.8 Å². The van der Waals surface area contributed by atoms with Gasteiger partial charge in [-0.25, -0.2) is 0 Å². The molecule has 0 aliphatic carbocycles. The van der Waals surface area contributed by atoms with Crippen LogP contribution >= 0.6 is 27.3 Å². The van der Waals surface area contributed by atoms with E-state index >= 15 is 0 Å². The molecule has 2 aromatic heterocycles. The molecule has 1 N–H and O–H groups in total. The van der Waals surface area contributed by atoms with E-state index < -0.39 is 0 Å². The highest BCUT2D eigenvalue weighted by Gasteiger charge is 1.97. The van der Waals surface area contributed by atoms with E-state index in [-0.39, 0.29) is 0 Å². The van der Waals surface area contributed by atoms with Gasteiger partial charge in [-0.15, -0.1) is 16.4 Å². The van der Waals surface area contributed by atoms with Crippen LogP contribution in [0.15, 0.2) is 34.2 Å². The minimum atomic E-state index is 0.827. The van der Waals surface area contributed by atoms with Crippen LogP contribution in [-0.2, 0) is 6.42 Å². The van der Waals surface area contributed by atoms with Gasteiger partial charge in [-0.3, -0.25) is 0 Å². The minimum Gasteiger partial charge on any atom is -0.368 e. The third-order valence-electron chi connectivity index (χ3n) is 1.88. The Morgan fingerprint density at radius 2 is 2.27 bits per heavy atom. The molecule has 0 spiro atoms. The maximum atomic E-state index is 3.95. The SMILES string of the molecule is Brc1ccc(CCNc2cccnn2)s1. The van der Waals surface area contributed by atoms with Crippen molar-refractivity contribution in [1.29, 1.82) is 0 Å². The second kappa shape index (κ2) is 5.23. The van der Waals surface area contributed by atoms with Gasteiger partial charge in [0.1, 0.15) is 5.82 Å². The van der Waals surface area contributed by atoms with Crippen LogP contribution in [0.1, 0.15) is 4.88 Å². The standard InChI is InChI=1S/C10H10BrN3S/c11-9-4-3-8(15-9)5-7-12-10-2-1-6-13-14-10/h1-4,6H,5,7H2,(H,12,14). The molecule has 0 radical (unpaired) electrons. The van der Waals surface area contributed by atoms with E-state index in [1.54, 1.807) is 17.5 Å². The van der Waals surface area contributed by atoms with Crippen molar-refractivity contribution in [2.75, 3.05) is 11.9 Å². The van der Waals surface area contributed by atoms with Crippen LogP contribution in [0.5, 0.6) is 0 Å². The monoisotopic (exact) mass is 283 g/mol. The second-order valence-electron chi connectivity index (χ2n) is 2.99. The van der Waals surface area contributed by atoms with Gasteiger partial charge < -0.3 is 5.32 Å². The molecule has 0 unspecified atom stereocenters. The molecule has 0 saturated heterocycles. The van der Waals surface area contributed by atoms with Crippen molar-refractivity contribution in [1.82, 2.24) is 10.2 Å². The zero-order valence-corrected chi connectivity index (χ0v) is 10.4. The van der Waals surface area contributed by atoms with Crippen molar-refractivity contribution < 1.29 is 0 Å². The first-order valence-electron chi connectivity index (χ1n) is 4.60. The lowest BCUT2D eigenvalue weighted by atomic mass is 10.3. The quantitative estimate of drug-likeness (QED) is 0.938. The van der Waals surface area contributed by atoms with Crippen LogP contribution in [0, 0.1) is 0 Å². The number of rotatable bonds is 4. The summed E-state index contributed by atoms with van der Waals surface area (Å²) in [4.78, 5) is 1.36. The number of nitrogens with zero attached hydrogens (tertiary/aromatic N) is 2. The van der Waals surface area contributed by atoms with Gasteiger partial charge in [0.25, 0.3) is 0 Å². The smallest absolute Gasteiger partial charge is 0.148 e. The van der Waals surface area contributed by atoms with Gasteiger partial charge in [0.2, 0.25) is 0 Å². The van der Waals surface area contributed by atoms with Crippen molar-refractivity contribution in [3.63, 3.8) is 0 Å². The van der Waals surface area contributed by atoms with E-state index in [9.17, 15) is 0 Å². The predicted molar refractivity (Wildman–Crippen MR) is 66.2 cm³/mol. The van der Waals surface area contributed by atoms with Crippen molar-refractivity contribution in [2.45, 2.75) is 6.42 Å². The first-order valence-corrected chi connectivity index (χ1v) is 6.21. The summed E-state index contributed by atoms with van der Waals surface area (Å²) in [5, 5.41) is 11.0. The van der Waals surface area contributed by atoms with Crippen LogP contribution in [-0.4, -0.2) is 16.7 Å². The van der Waals surface area contributed by atoms with E-state index in [0.29, 0.717) is 0 Å². The van der Waals surface area contributed by atoms with Crippen molar-refractivity contribution >= 4 is 33.1 Å². The summed E-state index contributed by atoms with van der Waals surface area (Å²) in [5.74, 6) is 0.827. The largest absolute Gasteiger partial charge is 0.368 e. The van der Waals surface area contributed by atoms with E-state index in [2.05, 4.69) is 43.6 Å². The van der Waals surface area contributed by atoms with E-state index in [4.69, 9.17) is 0 Å². The highest BCUT2D eigenvalue weighted by molar-refractivity contribution is 9.11. The molecule has 0 aromatic carbocycles. The highest BCUT2D eigenvalue weighted by Crippen LogP contribution is 2.22. The lowest BCUT2D eigenvalue weighted by molar-refractivity contribution is 0.977. The molecular weight excluding hydrogens is 274 g/mol. The van der Waals surface area contributed by atoms with Gasteiger partial charge in [0.15, 0.2) is 0 Å². The normalized spacial score (nSPS) is 10.2. The molecule has 15 heavy (non-hydrogen) atoms. The first kappa shape index (κ1) is 10.6. The molecular formula is C10H10BrN3S. The average molecular weight is 284 g/mol. The molecule has 0 saturated carbocycles. The number of thiophene rings is 1. The third-order valence-corrected chi connectivity index (χ3v) is 3.56. The Hall–Kier alpha value is -0.940. The Labute approximate surface area is 101 Å². The Bertz CT molecular complexity index is 416. The Morgan fingerprint density at radius 1 is 1.33 bits per heavy atom. The summed E-state index contributed by atoms with van der Waals surface area (Å²) in [6.45, 7) is 0.881. The van der Waals surface area contributed by atoms with Crippen LogP contribution in [0.25, 0.3) is 0 Å². The zero-order chi connectivity index (χ0) is 10.5. The summed E-state index contributed by atoms with van der Waals surface area (Å²) in [5.41, 5.74) is 0. The van der Waals surface area contributed by atoms with Crippen molar-refractivity contribution in [3.05, 3.63) is 39.1 Å². The molecule has 0 bridgehead atoms. The summed E-state index contributed by atoms with van der Waals surface area (Å²) in [6.07, 6.45) is 2.68. The van der Waals surface area contributed by atoms with Crippen LogP contribution in [0.3, 0.4) is 0 Å². The minimum absolute atomic E-state index is 0.827. The van der Waals surface area contributed by atoms with Gasteiger partial charge in [-0.1, -0.05) is 0 Å². The molecule has 2 aromatic rings. The molecule has 2 heterocycles. The van der Waals surface area contributed by atoms with E-state index in [1.807, 2.05) is 12.1 Å². The topological polar surface area (TPSA) is 37.8 Å². The molecule has 0 fully saturated rings. The Kier molecular flexibility index (Phi) is 3.69. The fraction of sp³-hybridized carbons (Fsp3) is 0.200. The summed E-state index contributed by atoms with van der Waals surface area (Å²) in [7, 11) is 0. The molecule has 0 atom stereocenters. The molecule has 0 aliphatic rings. The summed E-state index contributed by atoms with van der Waals surface area (Å²) in [6, 6.07) is 7.99. The molecule has 0 aliphatic heterocycles. The Balaban J connectivity index is 1.80. The summed E-state index contributed by atoms with van der Waals surface area (Å²) >= 11 is 5.21. The fourth-order valence-corrected chi connectivity index (χ4v) is 2.68. The number of nitrogens with one attached hydrogen (secondary N) is 1. The maximum Gasteiger partial charge on any atom is 0.148 e. The molecule has 2 rings (SSSR count). The first-order chi connectivity index (χ1) is 7.34. The van der Waals surface area contributed by atoms with E-state index in [1.165, 1.54) is 8.66 Å². The number of hydrogen-bond acceptors (Lipinski definition) is 4. The summed E-state index contributed by atoms with van der Waals surface area (Å²) < 4.78 is 1.18. The lowest BCUT2D eigenvalue weighted by Gasteiger charge is -2.02. The third kappa shape index (κ3) is 3.28. The number of halogens is 1. The van der Waals surface area contributed by atoms with Crippen LogP contribution in [0.4, 0.5) is 5.82 Å². The fourth-order valence-electron chi connectivity index (χ4n) is 1.20. The number of aromatic nitrogens is 2. The van der Waals surface area contributed by atoms with Gasteiger partial charge in [0.05, 0.1) is 3.79 Å². The van der Waals surface area contributed by atoms with Gasteiger partial charge in [-0.05, 0) is 46.6 Å². The average Bonchev–Trinajstić information content (AvgIpc) is 2.66. The zero-order valence-electron chi connectivity index (χ0n) is 7.98. The molecule has 78 valence electrons. The van der Waals surface area contributed by atoms with Crippen molar-refractivity contribution in [3.8, 4) is 0 Å². The molecule has 0 amide bonds. The van der Waals surface area contributed by atoms with Gasteiger partial charge in [0, 0.05) is 17.6 Å². The van der Waals surface area contributed by atoms with Crippen molar-refractivity contribution in [2.24, 2.45) is 0 Å². The number of anilines is 1. The van der Waals surface area contributed by atoms with Gasteiger partial charge in [-0.2, -0.15) is 5.10 Å². The highest BCUT2D eigenvalue weighted by atomic mass is 79.9. The van der Waals surface area contributed by atoms with Crippen LogP contribution in [0.2, 0.25) is 0 Å². The molecule has 3 nitrogen and oxygen atoms in total. The predicted octanol–water partition coefficient (Wildman–Crippen LogP) is 2.96. The number of hydrogen-bond donors (Lipinski definition) is 1. The molecule has 5 heteroatoms. The van der Waals surface area contributed by atoms with Gasteiger partial charge >= 0.3 is 0 Å². The Morgan fingerprint density at radius 3 is 2.93 bits per heavy atom. The maximum absolute atomic E-state index is 3.95. The van der Waals surface area contributed by atoms with Crippen LogP contribution < -0.4 is 5.32 Å². The second-order valence-corrected chi connectivity index (χ2v) is 5.54. The lowest BCUT2D eigenvalue weighted by Crippen LogP contribution is -2.05.